The van der Waals surface area contributed by atoms with Gasteiger partial charge < -0.3 is 0 Å². The number of hydrogen-bond acceptors (Lipinski definition) is 0. The van der Waals surface area contributed by atoms with Crippen LogP contribution in [0.1, 0.15) is 233 Å². The second-order valence-corrected chi connectivity index (χ2v) is 32.9. The van der Waals surface area contributed by atoms with Gasteiger partial charge in [-0.05, 0) is 325 Å². The van der Waals surface area contributed by atoms with Crippen LogP contribution in [-0.4, -0.2) is 0 Å². The maximum absolute atomic E-state index is 2.47. The number of benzene rings is 5. The van der Waals surface area contributed by atoms with E-state index < -0.39 is 0 Å². The molecule has 3 unspecified atom stereocenters. The molecule has 4 fully saturated rings. The van der Waals surface area contributed by atoms with E-state index >= 15 is 0 Å². The molecular weight excluding hydrogens is 1200 g/mol. The van der Waals surface area contributed by atoms with E-state index in [0.717, 1.165) is 60.7 Å². The molecule has 0 saturated heterocycles. The summed E-state index contributed by atoms with van der Waals surface area (Å²) in [7, 11) is 0. The molecule has 0 spiro atoms. The molecular formula is C100H114. The van der Waals surface area contributed by atoms with E-state index in [0.29, 0.717) is 17.8 Å². The molecule has 4 saturated carbocycles. The van der Waals surface area contributed by atoms with Crippen LogP contribution in [0.2, 0.25) is 0 Å². The molecule has 514 valence electrons. The van der Waals surface area contributed by atoms with Crippen LogP contribution in [0, 0.1) is 68.1 Å². The van der Waals surface area contributed by atoms with Gasteiger partial charge >= 0.3 is 0 Å². The number of hydrogen-bond donors (Lipinski definition) is 0. The molecule has 17 rings (SSSR count). The van der Waals surface area contributed by atoms with Crippen molar-refractivity contribution >= 4 is 11.1 Å². The summed E-state index contributed by atoms with van der Waals surface area (Å²) < 4.78 is 0. The summed E-state index contributed by atoms with van der Waals surface area (Å²) in [6.07, 6.45) is 78.5. The normalized spacial score (nSPS) is 26.5. The van der Waals surface area contributed by atoms with Crippen molar-refractivity contribution in [2.24, 2.45) is 47.3 Å². The van der Waals surface area contributed by atoms with Gasteiger partial charge in [-0.15, -0.1) is 0 Å². The highest BCUT2D eigenvalue weighted by atomic mass is 14.4. The Kier molecular flexibility index (Phi) is 21.7. The van der Waals surface area contributed by atoms with Gasteiger partial charge in [0.1, 0.15) is 0 Å². The van der Waals surface area contributed by atoms with Crippen LogP contribution in [0.5, 0.6) is 0 Å². The van der Waals surface area contributed by atoms with E-state index in [4.69, 9.17) is 0 Å². The summed E-state index contributed by atoms with van der Waals surface area (Å²) in [6, 6.07) is 40.6. The number of fused-ring (bicyclic) bond motifs is 4. The lowest BCUT2D eigenvalue weighted by atomic mass is 9.69. The van der Waals surface area contributed by atoms with Crippen LogP contribution < -0.4 is 0 Å². The summed E-state index contributed by atoms with van der Waals surface area (Å²) in [4.78, 5) is 0. The zero-order valence-electron chi connectivity index (χ0n) is 61.6. The summed E-state index contributed by atoms with van der Waals surface area (Å²) in [5.74, 6) is 7.72. The molecule has 0 aromatic heterocycles. The highest BCUT2D eigenvalue weighted by molar-refractivity contribution is 5.80. The zero-order chi connectivity index (χ0) is 67.9. The van der Waals surface area contributed by atoms with Crippen LogP contribution in [0.25, 0.3) is 11.1 Å². The van der Waals surface area contributed by atoms with Gasteiger partial charge in [0, 0.05) is 17.8 Å². The molecule has 0 aliphatic heterocycles. The van der Waals surface area contributed by atoms with Crippen molar-refractivity contribution in [3.63, 3.8) is 0 Å². The summed E-state index contributed by atoms with van der Waals surface area (Å²) in [5, 5.41) is 0. The van der Waals surface area contributed by atoms with Crippen LogP contribution in [0.4, 0.5) is 0 Å². The topological polar surface area (TPSA) is 0 Å². The van der Waals surface area contributed by atoms with E-state index in [1.807, 2.05) is 0 Å². The van der Waals surface area contributed by atoms with Crippen LogP contribution in [0.15, 0.2) is 257 Å². The number of allylic oxidation sites excluding steroid dienone is 28. The fraction of sp³-hybridized carbons (Fsp3) is 0.420. The third-order valence-electron chi connectivity index (χ3n) is 26.5. The van der Waals surface area contributed by atoms with Gasteiger partial charge in [-0.3, -0.25) is 0 Å². The minimum atomic E-state index is 0.397. The zero-order valence-corrected chi connectivity index (χ0v) is 61.6. The molecule has 0 nitrogen and oxygen atoms in total. The smallest absolute Gasteiger partial charge is 0.0281 e. The second-order valence-electron chi connectivity index (χ2n) is 32.9. The molecule has 0 N–H and O–H groups in total. The highest BCUT2D eigenvalue weighted by Crippen LogP contribution is 2.48. The fourth-order valence-electron chi connectivity index (χ4n) is 20.1. The first kappa shape index (κ1) is 68.2. The van der Waals surface area contributed by atoms with E-state index in [-0.39, 0.29) is 0 Å². The Labute approximate surface area is 603 Å². The molecule has 0 heterocycles. The lowest BCUT2D eigenvalue weighted by Gasteiger charge is -2.37. The Morgan fingerprint density at radius 2 is 0.920 bits per heavy atom. The number of aryl methyl sites for hydroxylation is 5. The van der Waals surface area contributed by atoms with Gasteiger partial charge in [0.05, 0.1) is 0 Å². The first-order valence-electron chi connectivity index (χ1n) is 40.3. The largest absolute Gasteiger partial charge is 0.0836 e. The van der Waals surface area contributed by atoms with Crippen molar-refractivity contribution in [3.05, 3.63) is 329 Å². The van der Waals surface area contributed by atoms with Gasteiger partial charge in [0.2, 0.25) is 0 Å². The number of rotatable bonds is 15. The van der Waals surface area contributed by atoms with Gasteiger partial charge in [-0.2, -0.15) is 0 Å². The molecule has 5 aromatic carbocycles. The van der Waals surface area contributed by atoms with Crippen LogP contribution >= 0.6 is 0 Å². The molecule has 12 aliphatic carbocycles. The molecule has 100 heavy (non-hydrogen) atoms. The van der Waals surface area contributed by atoms with Crippen molar-refractivity contribution in [2.75, 3.05) is 0 Å². The Balaban J connectivity index is 0.000000123. The van der Waals surface area contributed by atoms with Gasteiger partial charge in [0.15, 0.2) is 0 Å². The van der Waals surface area contributed by atoms with Crippen molar-refractivity contribution in [1.29, 1.82) is 0 Å². The van der Waals surface area contributed by atoms with Crippen LogP contribution in [-0.2, 0) is 38.5 Å². The van der Waals surface area contributed by atoms with Gasteiger partial charge in [-0.1, -0.05) is 265 Å². The van der Waals surface area contributed by atoms with E-state index in [9.17, 15) is 0 Å². The Morgan fingerprint density at radius 1 is 0.380 bits per heavy atom. The van der Waals surface area contributed by atoms with Gasteiger partial charge in [-0.25, -0.2) is 0 Å². The van der Waals surface area contributed by atoms with Crippen molar-refractivity contribution in [2.45, 2.75) is 220 Å². The van der Waals surface area contributed by atoms with Crippen molar-refractivity contribution in [3.8, 4) is 0 Å². The lowest BCUT2D eigenvalue weighted by molar-refractivity contribution is 0.150. The van der Waals surface area contributed by atoms with Crippen molar-refractivity contribution < 1.29 is 0 Å². The molecule has 0 amide bonds. The predicted molar refractivity (Wildman–Crippen MR) is 428 cm³/mol. The monoisotopic (exact) mass is 1310 g/mol. The average molecular weight is 1320 g/mol. The first-order valence-corrected chi connectivity index (χ1v) is 40.3. The Morgan fingerprint density at radius 3 is 1.52 bits per heavy atom. The first-order chi connectivity index (χ1) is 49.1. The molecule has 5 aromatic rings. The highest BCUT2D eigenvalue weighted by Gasteiger charge is 2.33. The maximum atomic E-state index is 2.47. The predicted octanol–water partition coefficient (Wildman–Crippen LogP) is 26.5. The standard InChI is InChI=1S/C39H46.C31H36.C30H32/c1-27-8-16-32(17-9-27)33-18-14-29(15-19-33)24-28-10-12-30(13-11-28)25-35-22-23-38(39-7-3-6-37(35)39)36-21-20-31-4-2-5-34(31)26-36;1-3-23-12-15-26(16-13-23)28-18-14-24(20-22(28)2)21-27-17-19-30(25-8-5-4-6-9-25)31-11-7-10-29(27)31;1-21-11-14-26(19-22(21)2)29-18-17-27(28-9-6-10-30(28)29)20-23-12-15-25(16-13-23)24-7-4-3-5-8-24/h3,6-7,10-13,20-23,26-27,29,32-33,39H,2,4-5,8-9,14-19,24-25H2,1H3;5,7-11,14,17-20,23,26,31H,3-4,6,12-13,15-16,21H2,1-2H3;6,9-19,24,30H,3-5,7-8,20H2,1-2H3. The summed E-state index contributed by atoms with van der Waals surface area (Å²) in [5.41, 5.74) is 33.8. The minimum Gasteiger partial charge on any atom is -0.0836 e. The second kappa shape index (κ2) is 31.8. The average Bonchev–Trinajstić information content (AvgIpc) is 1.72. The molecule has 0 heteroatoms. The van der Waals surface area contributed by atoms with Crippen LogP contribution in [0.3, 0.4) is 0 Å². The Hall–Kier alpha value is -7.54. The quantitative estimate of drug-likeness (QED) is 0.0980. The molecule has 3 atom stereocenters. The maximum Gasteiger partial charge on any atom is 0.0281 e. The third-order valence-corrected chi connectivity index (χ3v) is 26.5. The third kappa shape index (κ3) is 15.7. The molecule has 0 radical (unpaired) electrons. The van der Waals surface area contributed by atoms with E-state index in [2.05, 4.69) is 247 Å². The SMILES string of the molecule is CC1CCC(C2CCC(Cc3ccc(CC4=CC=C(c5ccc6c(c5)CCC6)C5C=CC=C45)cc3)CC2)CC1.CCC1CCC(c2ccc(CC3=CC=C(C4=CCCC=C4)C4C=CC=C34)cc2C)CC1.Cc1ccc(C2=CC=C(Cc3ccc(C4CCCCC4)cc3)C3=CC=CC32)cc1C. The molecule has 12 aliphatic rings. The molecule has 0 bridgehead atoms. The van der Waals surface area contributed by atoms with E-state index in [1.54, 1.807) is 27.8 Å². The Bertz CT molecular complexity index is 4230. The minimum absolute atomic E-state index is 0.397. The summed E-state index contributed by atoms with van der Waals surface area (Å²) >= 11 is 0. The van der Waals surface area contributed by atoms with Gasteiger partial charge in [0.25, 0.3) is 0 Å². The lowest BCUT2D eigenvalue weighted by Crippen LogP contribution is -2.25. The summed E-state index contributed by atoms with van der Waals surface area (Å²) in [6.45, 7) is 11.5. The van der Waals surface area contributed by atoms with E-state index in [1.165, 1.54) is 254 Å². The van der Waals surface area contributed by atoms with Crippen molar-refractivity contribution in [1.82, 2.24) is 0 Å². The fourth-order valence-corrected chi connectivity index (χ4v) is 20.1.